The van der Waals surface area contributed by atoms with Crippen LogP contribution in [0.3, 0.4) is 0 Å². The van der Waals surface area contributed by atoms with E-state index in [4.69, 9.17) is 27.9 Å². The Morgan fingerprint density at radius 1 is 1.47 bits per heavy atom. The van der Waals surface area contributed by atoms with Crippen LogP contribution < -0.4 is 5.32 Å². The second kappa shape index (κ2) is 6.07. The van der Waals surface area contributed by atoms with Crippen molar-refractivity contribution in [2.45, 2.75) is 19.3 Å². The molecule has 1 aliphatic rings. The first-order chi connectivity index (χ1) is 9.06. The Morgan fingerprint density at radius 3 is 2.84 bits per heavy atom. The number of amides is 1. The smallest absolute Gasteiger partial charge is 0.271 e. The van der Waals surface area contributed by atoms with Crippen molar-refractivity contribution < 1.29 is 9.53 Å². The van der Waals surface area contributed by atoms with Gasteiger partial charge in [-0.25, -0.2) is 4.98 Å². The van der Waals surface area contributed by atoms with Gasteiger partial charge in [0.1, 0.15) is 10.8 Å². The van der Waals surface area contributed by atoms with Gasteiger partial charge in [0.05, 0.1) is 5.02 Å². The normalized spacial score (nSPS) is 16.2. The molecule has 0 atom stereocenters. The summed E-state index contributed by atoms with van der Waals surface area (Å²) in [5, 5.41) is 3.45. The number of hydrogen-bond acceptors (Lipinski definition) is 3. The molecule has 1 amide bonds. The van der Waals surface area contributed by atoms with Gasteiger partial charge in [0.2, 0.25) is 0 Å². The number of nitrogens with zero attached hydrogens (tertiary/aromatic N) is 1. The Kier molecular flexibility index (Phi) is 4.66. The number of ether oxygens (including phenoxy) is 1. The average Bonchev–Trinajstić information content (AvgIpc) is 3.17. The van der Waals surface area contributed by atoms with Crippen molar-refractivity contribution in [3.8, 4) is 0 Å². The van der Waals surface area contributed by atoms with Crippen molar-refractivity contribution in [3.63, 3.8) is 0 Å². The second-order valence-electron chi connectivity index (χ2n) is 4.89. The van der Waals surface area contributed by atoms with Gasteiger partial charge in [0, 0.05) is 20.3 Å². The maximum absolute atomic E-state index is 12.0. The fourth-order valence-corrected chi connectivity index (χ4v) is 2.28. The molecule has 1 aromatic rings. The quantitative estimate of drug-likeness (QED) is 0.822. The second-order valence-corrected chi connectivity index (χ2v) is 5.68. The van der Waals surface area contributed by atoms with E-state index in [0.29, 0.717) is 18.2 Å². The Morgan fingerprint density at radius 2 is 2.21 bits per heavy atom. The van der Waals surface area contributed by atoms with Crippen LogP contribution in [-0.2, 0) is 4.74 Å². The molecule has 1 heterocycles. The molecule has 19 heavy (non-hydrogen) atoms. The Labute approximate surface area is 122 Å². The average molecular weight is 303 g/mol. The maximum Gasteiger partial charge on any atom is 0.271 e. The van der Waals surface area contributed by atoms with Crippen molar-refractivity contribution >= 4 is 29.1 Å². The van der Waals surface area contributed by atoms with Gasteiger partial charge in [-0.2, -0.15) is 0 Å². The highest BCUT2D eigenvalue weighted by Gasteiger charge is 2.42. The molecular formula is C13H16Cl2N2O2. The third kappa shape index (κ3) is 3.81. The Bertz CT molecular complexity index is 476. The van der Waals surface area contributed by atoms with Crippen LogP contribution in [0, 0.1) is 5.41 Å². The Balaban J connectivity index is 1.93. The highest BCUT2D eigenvalue weighted by molar-refractivity contribution is 6.34. The van der Waals surface area contributed by atoms with Gasteiger partial charge in [-0.15, -0.1) is 0 Å². The molecular weight excluding hydrogens is 287 g/mol. The van der Waals surface area contributed by atoms with Crippen molar-refractivity contribution in [1.29, 1.82) is 0 Å². The zero-order chi connectivity index (χ0) is 13.9. The van der Waals surface area contributed by atoms with Crippen LogP contribution in [0.5, 0.6) is 0 Å². The number of rotatable bonds is 6. The van der Waals surface area contributed by atoms with Crippen molar-refractivity contribution in [3.05, 3.63) is 28.0 Å². The minimum atomic E-state index is -0.281. The van der Waals surface area contributed by atoms with E-state index in [1.54, 1.807) is 19.2 Å². The molecule has 1 aliphatic carbocycles. The third-order valence-electron chi connectivity index (χ3n) is 3.44. The zero-order valence-corrected chi connectivity index (χ0v) is 12.2. The number of nitrogens with one attached hydrogen (secondary N) is 1. The SMILES string of the molecule is COCCC1(CNC(=O)c2nc(Cl)ccc2Cl)CC1. The van der Waals surface area contributed by atoms with Crippen molar-refractivity contribution in [1.82, 2.24) is 10.3 Å². The molecule has 0 bridgehead atoms. The largest absolute Gasteiger partial charge is 0.385 e. The standard InChI is InChI=1S/C13H16Cl2N2O2/c1-19-7-6-13(4-5-13)8-16-12(18)11-9(14)2-3-10(15)17-11/h2-3H,4-8H2,1H3,(H,16,18). The molecule has 4 nitrogen and oxygen atoms in total. The molecule has 0 unspecified atom stereocenters. The molecule has 104 valence electrons. The third-order valence-corrected chi connectivity index (χ3v) is 3.96. The molecule has 2 rings (SSSR count). The topological polar surface area (TPSA) is 51.2 Å². The van der Waals surface area contributed by atoms with E-state index in [9.17, 15) is 4.79 Å². The lowest BCUT2D eigenvalue weighted by Gasteiger charge is -2.15. The van der Waals surface area contributed by atoms with Gasteiger partial charge >= 0.3 is 0 Å². The molecule has 1 saturated carbocycles. The van der Waals surface area contributed by atoms with Crippen LogP contribution in [0.1, 0.15) is 29.8 Å². The van der Waals surface area contributed by atoms with E-state index in [-0.39, 0.29) is 22.2 Å². The van der Waals surface area contributed by atoms with E-state index < -0.39 is 0 Å². The molecule has 1 N–H and O–H groups in total. The van der Waals surface area contributed by atoms with Gasteiger partial charge in [-0.05, 0) is 36.8 Å². The summed E-state index contributed by atoms with van der Waals surface area (Å²) in [6, 6.07) is 3.13. The number of methoxy groups -OCH3 is 1. The summed E-state index contributed by atoms with van der Waals surface area (Å²) in [5.74, 6) is -0.281. The monoisotopic (exact) mass is 302 g/mol. The number of aromatic nitrogens is 1. The fraction of sp³-hybridized carbons (Fsp3) is 0.538. The van der Waals surface area contributed by atoms with Crippen LogP contribution in [0.15, 0.2) is 12.1 Å². The lowest BCUT2D eigenvalue weighted by molar-refractivity contribution is 0.0933. The number of pyridine rings is 1. The first kappa shape index (κ1) is 14.6. The summed E-state index contributed by atoms with van der Waals surface area (Å²) in [4.78, 5) is 16.0. The van der Waals surface area contributed by atoms with Crippen molar-refractivity contribution in [2.75, 3.05) is 20.3 Å². The van der Waals surface area contributed by atoms with Gasteiger partial charge in [0.15, 0.2) is 0 Å². The van der Waals surface area contributed by atoms with Crippen LogP contribution in [-0.4, -0.2) is 31.2 Å². The van der Waals surface area contributed by atoms with E-state index in [1.165, 1.54) is 0 Å². The summed E-state index contributed by atoms with van der Waals surface area (Å²) in [6.45, 7) is 1.34. The predicted molar refractivity (Wildman–Crippen MR) is 74.8 cm³/mol. The van der Waals surface area contributed by atoms with Crippen LogP contribution in [0.4, 0.5) is 0 Å². The van der Waals surface area contributed by atoms with Crippen LogP contribution in [0.25, 0.3) is 0 Å². The van der Waals surface area contributed by atoms with Gasteiger partial charge in [-0.1, -0.05) is 23.2 Å². The molecule has 1 aromatic heterocycles. The zero-order valence-electron chi connectivity index (χ0n) is 10.7. The molecule has 1 fully saturated rings. The summed E-state index contributed by atoms with van der Waals surface area (Å²) >= 11 is 11.7. The Hall–Kier alpha value is -0.840. The lowest BCUT2D eigenvalue weighted by atomic mass is 10.0. The minimum Gasteiger partial charge on any atom is -0.385 e. The molecule has 0 aliphatic heterocycles. The number of carbonyl (C=O) groups excluding carboxylic acids is 1. The minimum absolute atomic E-state index is 0.178. The summed E-state index contributed by atoms with van der Waals surface area (Å²) in [5.41, 5.74) is 0.369. The van der Waals surface area contributed by atoms with Crippen LogP contribution >= 0.6 is 23.2 Å². The highest BCUT2D eigenvalue weighted by atomic mass is 35.5. The van der Waals surface area contributed by atoms with Gasteiger partial charge < -0.3 is 10.1 Å². The van der Waals surface area contributed by atoms with Gasteiger partial charge in [0.25, 0.3) is 5.91 Å². The molecule has 0 aromatic carbocycles. The molecule has 6 heteroatoms. The van der Waals surface area contributed by atoms with E-state index in [1.807, 2.05) is 0 Å². The summed E-state index contributed by atoms with van der Waals surface area (Å²) in [7, 11) is 1.68. The predicted octanol–water partition coefficient (Wildman–Crippen LogP) is 2.93. The van der Waals surface area contributed by atoms with Crippen molar-refractivity contribution in [2.24, 2.45) is 5.41 Å². The number of carbonyl (C=O) groups is 1. The molecule has 0 spiro atoms. The first-order valence-electron chi connectivity index (χ1n) is 6.15. The fourth-order valence-electron chi connectivity index (χ4n) is 1.94. The molecule has 0 saturated heterocycles. The van der Waals surface area contributed by atoms with E-state index in [2.05, 4.69) is 10.3 Å². The summed E-state index contributed by atoms with van der Waals surface area (Å²) in [6.07, 6.45) is 3.20. The van der Waals surface area contributed by atoms with E-state index in [0.717, 1.165) is 19.3 Å². The summed E-state index contributed by atoms with van der Waals surface area (Å²) < 4.78 is 5.08. The first-order valence-corrected chi connectivity index (χ1v) is 6.91. The number of hydrogen-bond donors (Lipinski definition) is 1. The maximum atomic E-state index is 12.0. The van der Waals surface area contributed by atoms with Gasteiger partial charge in [-0.3, -0.25) is 4.79 Å². The van der Waals surface area contributed by atoms with Crippen LogP contribution in [0.2, 0.25) is 10.2 Å². The number of halogens is 2. The molecule has 0 radical (unpaired) electrons. The lowest BCUT2D eigenvalue weighted by Crippen LogP contribution is -2.31. The highest BCUT2D eigenvalue weighted by Crippen LogP contribution is 2.48. The van der Waals surface area contributed by atoms with E-state index >= 15 is 0 Å².